The molecule has 23 heavy (non-hydrogen) atoms. The maximum atomic E-state index is 12.0. The standard InChI is InChI=1S/C16H15N5O2/c1-11-10-14(22)6-7-15(11)20-16(23)19-12-2-4-13(5-3-12)21-17-8-9-18-21/h2-10,22H,1H3,(H2,19,20,23). The number of nitrogens with one attached hydrogen (secondary N) is 2. The van der Waals surface area contributed by atoms with Gasteiger partial charge in [-0.2, -0.15) is 15.0 Å². The zero-order valence-corrected chi connectivity index (χ0v) is 12.4. The zero-order valence-electron chi connectivity index (χ0n) is 12.4. The maximum Gasteiger partial charge on any atom is 0.323 e. The van der Waals surface area contributed by atoms with Crippen molar-refractivity contribution in [2.24, 2.45) is 0 Å². The number of aryl methyl sites for hydroxylation is 1. The van der Waals surface area contributed by atoms with Gasteiger partial charge in [0.15, 0.2) is 0 Å². The van der Waals surface area contributed by atoms with Crippen LogP contribution in [-0.2, 0) is 0 Å². The quantitative estimate of drug-likeness (QED) is 0.649. The summed E-state index contributed by atoms with van der Waals surface area (Å²) in [5, 5.41) is 22.9. The number of hydrogen-bond donors (Lipinski definition) is 3. The maximum absolute atomic E-state index is 12.0. The van der Waals surface area contributed by atoms with Crippen molar-refractivity contribution in [1.29, 1.82) is 0 Å². The van der Waals surface area contributed by atoms with E-state index in [2.05, 4.69) is 20.8 Å². The summed E-state index contributed by atoms with van der Waals surface area (Å²) in [4.78, 5) is 13.5. The fourth-order valence-electron chi connectivity index (χ4n) is 2.10. The number of carbonyl (C=O) groups excluding carboxylic acids is 1. The smallest absolute Gasteiger partial charge is 0.323 e. The number of urea groups is 1. The fraction of sp³-hybridized carbons (Fsp3) is 0.0625. The third-order valence-corrected chi connectivity index (χ3v) is 3.23. The van der Waals surface area contributed by atoms with Gasteiger partial charge in [-0.3, -0.25) is 0 Å². The van der Waals surface area contributed by atoms with Crippen LogP contribution >= 0.6 is 0 Å². The first-order chi connectivity index (χ1) is 11.1. The van der Waals surface area contributed by atoms with E-state index in [-0.39, 0.29) is 11.8 Å². The first-order valence-corrected chi connectivity index (χ1v) is 6.96. The van der Waals surface area contributed by atoms with E-state index in [1.807, 2.05) is 0 Å². The van der Waals surface area contributed by atoms with Crippen LogP contribution in [0.3, 0.4) is 0 Å². The Hall–Kier alpha value is -3.35. The molecule has 7 nitrogen and oxygen atoms in total. The number of hydrogen-bond acceptors (Lipinski definition) is 4. The summed E-state index contributed by atoms with van der Waals surface area (Å²) >= 11 is 0. The Balaban J connectivity index is 1.66. The van der Waals surface area contributed by atoms with E-state index in [1.54, 1.807) is 55.7 Å². The van der Waals surface area contributed by atoms with Gasteiger partial charge in [0.2, 0.25) is 0 Å². The molecule has 0 aliphatic rings. The van der Waals surface area contributed by atoms with Gasteiger partial charge in [-0.05, 0) is 55.0 Å². The van der Waals surface area contributed by atoms with Crippen LogP contribution in [0.1, 0.15) is 5.56 Å². The average molecular weight is 309 g/mol. The Kier molecular flexibility index (Phi) is 3.92. The Morgan fingerprint density at radius 3 is 2.39 bits per heavy atom. The largest absolute Gasteiger partial charge is 0.508 e. The van der Waals surface area contributed by atoms with Crippen LogP contribution in [0.25, 0.3) is 5.69 Å². The van der Waals surface area contributed by atoms with E-state index in [0.29, 0.717) is 11.4 Å². The van der Waals surface area contributed by atoms with Gasteiger partial charge in [-0.1, -0.05) is 0 Å². The molecule has 2 amide bonds. The number of aromatic nitrogens is 3. The van der Waals surface area contributed by atoms with Crippen molar-refractivity contribution in [2.75, 3.05) is 10.6 Å². The lowest BCUT2D eigenvalue weighted by atomic mass is 10.2. The third-order valence-electron chi connectivity index (χ3n) is 3.23. The number of carbonyl (C=O) groups is 1. The zero-order chi connectivity index (χ0) is 16.2. The summed E-state index contributed by atoms with van der Waals surface area (Å²) in [6.45, 7) is 1.81. The minimum atomic E-state index is -0.358. The van der Waals surface area contributed by atoms with Gasteiger partial charge in [-0.15, -0.1) is 0 Å². The summed E-state index contributed by atoms with van der Waals surface area (Å²) in [5.74, 6) is 0.163. The van der Waals surface area contributed by atoms with Gasteiger partial charge in [0.05, 0.1) is 18.1 Å². The fourth-order valence-corrected chi connectivity index (χ4v) is 2.10. The summed E-state index contributed by atoms with van der Waals surface area (Å²) in [6, 6.07) is 11.5. The number of phenolic OH excluding ortho intramolecular Hbond substituents is 1. The monoisotopic (exact) mass is 309 g/mol. The lowest BCUT2D eigenvalue weighted by Gasteiger charge is -2.10. The summed E-state index contributed by atoms with van der Waals surface area (Å²) < 4.78 is 0. The van der Waals surface area contributed by atoms with E-state index >= 15 is 0 Å². The minimum Gasteiger partial charge on any atom is -0.508 e. The molecule has 0 unspecified atom stereocenters. The van der Waals surface area contributed by atoms with Crippen LogP contribution in [0.4, 0.5) is 16.2 Å². The SMILES string of the molecule is Cc1cc(O)ccc1NC(=O)Nc1ccc(-n2nccn2)cc1. The van der Waals surface area contributed by atoms with Crippen LogP contribution in [-0.4, -0.2) is 26.1 Å². The van der Waals surface area contributed by atoms with Crippen LogP contribution < -0.4 is 10.6 Å². The molecule has 0 atom stereocenters. The Bertz CT molecular complexity index is 813. The highest BCUT2D eigenvalue weighted by Gasteiger charge is 2.06. The molecule has 116 valence electrons. The molecule has 3 rings (SSSR count). The highest BCUT2D eigenvalue weighted by atomic mass is 16.3. The van der Waals surface area contributed by atoms with E-state index in [0.717, 1.165) is 11.3 Å². The van der Waals surface area contributed by atoms with Crippen molar-refractivity contribution in [2.45, 2.75) is 6.92 Å². The lowest BCUT2D eigenvalue weighted by Crippen LogP contribution is -2.19. The Morgan fingerprint density at radius 2 is 1.74 bits per heavy atom. The van der Waals surface area contributed by atoms with Gasteiger partial charge in [0, 0.05) is 11.4 Å². The molecular formula is C16H15N5O2. The second kappa shape index (κ2) is 6.18. The Morgan fingerprint density at radius 1 is 1.04 bits per heavy atom. The molecule has 0 fully saturated rings. The minimum absolute atomic E-state index is 0.163. The van der Waals surface area contributed by atoms with E-state index in [4.69, 9.17) is 0 Å². The lowest BCUT2D eigenvalue weighted by molar-refractivity contribution is 0.262. The number of anilines is 2. The molecule has 2 aromatic carbocycles. The predicted octanol–water partition coefficient (Wildman–Crippen LogP) is 2.93. The van der Waals surface area contributed by atoms with Crippen molar-refractivity contribution in [3.8, 4) is 11.4 Å². The topological polar surface area (TPSA) is 92.1 Å². The Labute approximate surface area is 132 Å². The van der Waals surface area contributed by atoms with Gasteiger partial charge in [0.1, 0.15) is 5.75 Å². The molecule has 0 aliphatic heterocycles. The number of amides is 2. The van der Waals surface area contributed by atoms with Gasteiger partial charge in [0.25, 0.3) is 0 Å². The van der Waals surface area contributed by atoms with E-state index in [1.165, 1.54) is 10.9 Å². The second-order valence-electron chi connectivity index (χ2n) is 4.94. The molecule has 0 spiro atoms. The first-order valence-electron chi connectivity index (χ1n) is 6.96. The summed E-state index contributed by atoms with van der Waals surface area (Å²) in [7, 11) is 0. The summed E-state index contributed by atoms with van der Waals surface area (Å²) in [5.41, 5.74) is 2.86. The molecule has 0 bridgehead atoms. The average Bonchev–Trinajstić information content (AvgIpc) is 3.05. The molecule has 0 aliphatic carbocycles. The van der Waals surface area contributed by atoms with Crippen molar-refractivity contribution in [3.63, 3.8) is 0 Å². The number of aromatic hydroxyl groups is 1. The number of rotatable bonds is 3. The molecule has 3 N–H and O–H groups in total. The second-order valence-corrected chi connectivity index (χ2v) is 4.94. The van der Waals surface area contributed by atoms with Crippen LogP contribution in [0, 0.1) is 6.92 Å². The molecule has 0 radical (unpaired) electrons. The van der Waals surface area contributed by atoms with Crippen molar-refractivity contribution in [3.05, 3.63) is 60.4 Å². The van der Waals surface area contributed by atoms with Crippen LogP contribution in [0.5, 0.6) is 5.75 Å². The number of nitrogens with zero attached hydrogens (tertiary/aromatic N) is 3. The molecule has 7 heteroatoms. The van der Waals surface area contributed by atoms with Gasteiger partial charge >= 0.3 is 6.03 Å². The third kappa shape index (κ3) is 3.46. The van der Waals surface area contributed by atoms with Crippen molar-refractivity contribution >= 4 is 17.4 Å². The number of benzene rings is 2. The molecule has 0 saturated carbocycles. The van der Waals surface area contributed by atoms with Crippen molar-refractivity contribution < 1.29 is 9.90 Å². The van der Waals surface area contributed by atoms with Gasteiger partial charge < -0.3 is 15.7 Å². The van der Waals surface area contributed by atoms with E-state index in [9.17, 15) is 9.90 Å². The molecule has 1 aromatic heterocycles. The highest BCUT2D eigenvalue weighted by Crippen LogP contribution is 2.20. The van der Waals surface area contributed by atoms with Crippen LogP contribution in [0.2, 0.25) is 0 Å². The first kappa shape index (κ1) is 14.6. The van der Waals surface area contributed by atoms with Crippen LogP contribution in [0.15, 0.2) is 54.9 Å². The molecule has 0 saturated heterocycles. The normalized spacial score (nSPS) is 10.3. The highest BCUT2D eigenvalue weighted by molar-refractivity contribution is 6.00. The van der Waals surface area contributed by atoms with Gasteiger partial charge in [-0.25, -0.2) is 4.79 Å². The van der Waals surface area contributed by atoms with Crippen molar-refractivity contribution in [1.82, 2.24) is 15.0 Å². The molecule has 1 heterocycles. The van der Waals surface area contributed by atoms with E-state index < -0.39 is 0 Å². The molecule has 3 aromatic rings. The summed E-state index contributed by atoms with van der Waals surface area (Å²) in [6.07, 6.45) is 3.19. The molecular weight excluding hydrogens is 294 g/mol. The predicted molar refractivity (Wildman–Crippen MR) is 86.8 cm³/mol. The number of phenols is 1.